The number of aliphatic hydroxyl groups excluding tert-OH is 2. The molecule has 1 fully saturated rings. The van der Waals surface area contributed by atoms with E-state index in [2.05, 4.69) is 15.1 Å². The summed E-state index contributed by atoms with van der Waals surface area (Å²) >= 11 is 1.25. The first-order chi connectivity index (χ1) is 16.3. The van der Waals surface area contributed by atoms with Crippen LogP contribution in [-0.4, -0.2) is 58.1 Å². The third-order valence-electron chi connectivity index (χ3n) is 6.37. The number of rotatable bonds is 8. The number of carbonyl (C=O) groups is 3. The lowest BCUT2D eigenvalue weighted by molar-refractivity contribution is -0.249. The Morgan fingerprint density at radius 3 is 2.68 bits per heavy atom. The van der Waals surface area contributed by atoms with E-state index in [1.165, 1.54) is 25.1 Å². The lowest BCUT2D eigenvalue weighted by atomic mass is 9.76. The summed E-state index contributed by atoms with van der Waals surface area (Å²) in [5.74, 6) is -2.22. The van der Waals surface area contributed by atoms with Crippen LogP contribution in [0.1, 0.15) is 29.8 Å². The van der Waals surface area contributed by atoms with Crippen LogP contribution in [0.5, 0.6) is 0 Å². The second-order valence-corrected chi connectivity index (χ2v) is 9.48. The number of hydrogen-bond acceptors (Lipinski definition) is 8. The van der Waals surface area contributed by atoms with E-state index >= 15 is 0 Å². The minimum atomic E-state index is -0.857. The summed E-state index contributed by atoms with van der Waals surface area (Å²) < 4.78 is 1.55. The number of carbonyl (C=O) groups excluding carboxylic acids is 3. The predicted molar refractivity (Wildman–Crippen MR) is 124 cm³/mol. The van der Waals surface area contributed by atoms with Gasteiger partial charge in [0.05, 0.1) is 32.3 Å². The molecule has 2 amide bonds. The van der Waals surface area contributed by atoms with Crippen LogP contribution in [0.15, 0.2) is 46.9 Å². The van der Waals surface area contributed by atoms with E-state index in [0.29, 0.717) is 11.1 Å². The maximum atomic E-state index is 13.4. The van der Waals surface area contributed by atoms with Gasteiger partial charge in [0.15, 0.2) is 0 Å². The molecule has 4 unspecified atom stereocenters. The average Bonchev–Trinajstić information content (AvgIpc) is 2.79. The van der Waals surface area contributed by atoms with Gasteiger partial charge in [0.2, 0.25) is 5.91 Å². The van der Waals surface area contributed by atoms with E-state index in [0.717, 1.165) is 21.2 Å². The van der Waals surface area contributed by atoms with Crippen LogP contribution in [0.4, 0.5) is 0 Å². The summed E-state index contributed by atoms with van der Waals surface area (Å²) in [6.07, 6.45) is 0.404. The van der Waals surface area contributed by atoms with E-state index in [9.17, 15) is 24.6 Å². The van der Waals surface area contributed by atoms with Crippen molar-refractivity contribution in [1.82, 2.24) is 9.62 Å². The number of nitrogens with zero attached hydrogens (tertiary/aromatic N) is 1. The lowest BCUT2D eigenvalue weighted by Crippen LogP contribution is -2.64. The molecule has 4 atom stereocenters. The molecule has 2 aromatic rings. The average molecular weight is 487 g/mol. The fourth-order valence-corrected chi connectivity index (χ4v) is 5.65. The normalized spacial score (nSPS) is 21.7. The zero-order valence-electron chi connectivity index (χ0n) is 19.0. The van der Waals surface area contributed by atoms with E-state index in [1.807, 2.05) is 25.1 Å². The fraction of sp³-hybridized carbons (Fsp3) is 0.375. The molecule has 2 aromatic carbocycles. The van der Waals surface area contributed by atoms with Gasteiger partial charge in [-0.05, 0) is 47.5 Å². The highest BCUT2D eigenvalue weighted by Crippen LogP contribution is 2.41. The Balaban J connectivity index is 1.66. The van der Waals surface area contributed by atoms with Crippen molar-refractivity contribution in [3.63, 3.8) is 0 Å². The SMILES string of the molecule is COOC(=O)/C=C(/CN1Sc2ccc(CO)c3cccc(c23)C1=O)C(C)C1NC(=O)C1C(C)O. The van der Waals surface area contributed by atoms with E-state index in [1.54, 1.807) is 23.4 Å². The molecular formula is C24H26N2O7S. The van der Waals surface area contributed by atoms with Crippen molar-refractivity contribution in [3.8, 4) is 0 Å². The minimum absolute atomic E-state index is 0.0833. The van der Waals surface area contributed by atoms with Gasteiger partial charge in [-0.2, -0.15) is 4.89 Å². The van der Waals surface area contributed by atoms with E-state index < -0.39 is 24.0 Å². The summed E-state index contributed by atoms with van der Waals surface area (Å²) in [5, 5.41) is 24.1. The Hall–Kier alpha value is -2.92. The maximum Gasteiger partial charge on any atom is 0.365 e. The Morgan fingerprint density at radius 2 is 2.03 bits per heavy atom. The molecule has 9 nitrogen and oxygen atoms in total. The standard InChI is InChI=1S/C24H26N2O7S/c1-12(22-20(13(2)28)23(30)25-22)15(9-19(29)33-32-3)10-26-24(31)17-6-4-5-16-14(11-27)7-8-18(34-26)21(16)17/h4-9,12-13,20,22,27-28H,10-11H2,1-3H3,(H,25,30)/b15-9-. The number of aliphatic hydroxyl groups is 2. The quantitative estimate of drug-likeness (QED) is 0.170. The summed E-state index contributed by atoms with van der Waals surface area (Å²) in [6.45, 7) is 3.33. The molecule has 2 aliphatic rings. The van der Waals surface area contributed by atoms with Crippen molar-refractivity contribution in [1.29, 1.82) is 0 Å². The molecule has 180 valence electrons. The molecule has 1 saturated heterocycles. The smallest absolute Gasteiger partial charge is 0.365 e. The van der Waals surface area contributed by atoms with Crippen molar-refractivity contribution in [3.05, 3.63) is 53.1 Å². The van der Waals surface area contributed by atoms with Crippen LogP contribution in [0.2, 0.25) is 0 Å². The van der Waals surface area contributed by atoms with Crippen LogP contribution < -0.4 is 5.32 Å². The van der Waals surface area contributed by atoms with E-state index in [4.69, 9.17) is 0 Å². The molecule has 0 aliphatic carbocycles. The monoisotopic (exact) mass is 486 g/mol. The van der Waals surface area contributed by atoms with Crippen molar-refractivity contribution in [2.24, 2.45) is 11.8 Å². The van der Waals surface area contributed by atoms with Crippen LogP contribution in [0, 0.1) is 11.8 Å². The van der Waals surface area contributed by atoms with Crippen LogP contribution in [0.25, 0.3) is 10.8 Å². The fourth-order valence-electron chi connectivity index (χ4n) is 4.57. The Bertz CT molecular complexity index is 1180. The maximum absolute atomic E-state index is 13.4. The molecule has 4 rings (SSSR count). The molecule has 0 radical (unpaired) electrons. The highest BCUT2D eigenvalue weighted by molar-refractivity contribution is 7.98. The third kappa shape index (κ3) is 4.29. The molecule has 2 aliphatic heterocycles. The number of β-lactam (4-membered cyclic amide) rings is 1. The summed E-state index contributed by atoms with van der Waals surface area (Å²) in [4.78, 5) is 47.5. The van der Waals surface area contributed by atoms with Gasteiger partial charge in [-0.1, -0.05) is 25.1 Å². The number of amides is 2. The molecule has 0 bridgehead atoms. The van der Waals surface area contributed by atoms with Gasteiger partial charge in [-0.25, -0.2) is 4.79 Å². The number of benzene rings is 2. The van der Waals surface area contributed by atoms with Crippen LogP contribution in [-0.2, 0) is 26.0 Å². The first-order valence-corrected chi connectivity index (χ1v) is 11.6. The number of nitrogens with one attached hydrogen (secondary N) is 1. The highest BCUT2D eigenvalue weighted by atomic mass is 32.2. The van der Waals surface area contributed by atoms with Gasteiger partial charge in [0, 0.05) is 33.9 Å². The molecule has 2 heterocycles. The van der Waals surface area contributed by atoms with Gasteiger partial charge in [0.25, 0.3) is 5.91 Å². The summed E-state index contributed by atoms with van der Waals surface area (Å²) in [7, 11) is 1.21. The largest absolute Gasteiger partial charge is 0.393 e. The van der Waals surface area contributed by atoms with E-state index in [-0.39, 0.29) is 30.9 Å². The van der Waals surface area contributed by atoms with Crippen molar-refractivity contribution >= 4 is 40.5 Å². The van der Waals surface area contributed by atoms with Gasteiger partial charge in [-0.3, -0.25) is 18.8 Å². The second-order valence-electron chi connectivity index (χ2n) is 8.42. The van der Waals surface area contributed by atoms with Crippen molar-refractivity contribution in [2.75, 3.05) is 13.7 Å². The lowest BCUT2D eigenvalue weighted by Gasteiger charge is -2.43. The molecule has 0 aromatic heterocycles. The second kappa shape index (κ2) is 9.75. The zero-order valence-corrected chi connectivity index (χ0v) is 19.8. The first-order valence-electron chi connectivity index (χ1n) is 10.9. The van der Waals surface area contributed by atoms with Gasteiger partial charge in [0.1, 0.15) is 0 Å². The predicted octanol–water partition coefficient (Wildman–Crippen LogP) is 1.96. The zero-order chi connectivity index (χ0) is 24.6. The summed E-state index contributed by atoms with van der Waals surface area (Å²) in [5.41, 5.74) is 1.79. The molecule has 10 heteroatoms. The topological polar surface area (TPSA) is 125 Å². The number of hydrogen-bond donors (Lipinski definition) is 3. The molecular weight excluding hydrogens is 460 g/mol. The molecule has 0 saturated carbocycles. The minimum Gasteiger partial charge on any atom is -0.393 e. The van der Waals surface area contributed by atoms with Crippen molar-refractivity contribution in [2.45, 2.75) is 37.5 Å². The van der Waals surface area contributed by atoms with Gasteiger partial charge in [-0.15, -0.1) is 0 Å². The summed E-state index contributed by atoms with van der Waals surface area (Å²) in [6, 6.07) is 8.68. The molecule has 0 spiro atoms. The van der Waals surface area contributed by atoms with Gasteiger partial charge < -0.3 is 15.5 Å². The molecule has 34 heavy (non-hydrogen) atoms. The Labute approximate surface area is 200 Å². The van der Waals surface area contributed by atoms with Crippen molar-refractivity contribution < 1.29 is 34.4 Å². The van der Waals surface area contributed by atoms with Gasteiger partial charge >= 0.3 is 5.97 Å². The third-order valence-corrected chi connectivity index (χ3v) is 7.42. The first kappa shape index (κ1) is 24.2. The Morgan fingerprint density at radius 1 is 1.26 bits per heavy atom. The Kier molecular flexibility index (Phi) is 6.94. The van der Waals surface area contributed by atoms with Crippen LogP contribution >= 0.6 is 11.9 Å². The highest BCUT2D eigenvalue weighted by Gasteiger charge is 2.46. The molecule has 3 N–H and O–H groups in total. The van der Waals surface area contributed by atoms with Crippen LogP contribution in [0.3, 0.4) is 0 Å².